The minimum atomic E-state index is -0.332. The molecule has 1 heterocycles. The van der Waals surface area contributed by atoms with E-state index >= 15 is 0 Å². The quantitative estimate of drug-likeness (QED) is 0.396. The molecule has 0 radical (unpaired) electrons. The predicted octanol–water partition coefficient (Wildman–Crippen LogP) is 6.09. The first-order chi connectivity index (χ1) is 14.9. The van der Waals surface area contributed by atoms with Crippen LogP contribution in [0.25, 0.3) is 22.1 Å². The smallest absolute Gasteiger partial charge is 0.262 e. The number of ether oxygens (including phenoxy) is 1. The molecule has 7 heteroatoms. The zero-order chi connectivity index (χ0) is 22.0. The maximum absolute atomic E-state index is 12.9. The standard InChI is InChI=1S/C24H17Cl2NO4/c1-14-19(25)7-4-8-21(14)27-23(28)13-30-15-9-10-17-22(11-15)31-12-18(24(17)29)16-5-2-3-6-20(16)26/h2-12H,13H2,1H3,(H,27,28). The Kier molecular flexibility index (Phi) is 5.98. The number of benzene rings is 3. The van der Waals surface area contributed by atoms with Crippen LogP contribution < -0.4 is 15.5 Å². The minimum Gasteiger partial charge on any atom is -0.484 e. The summed E-state index contributed by atoms with van der Waals surface area (Å²) in [5.41, 5.74) is 2.53. The molecule has 0 saturated carbocycles. The monoisotopic (exact) mass is 453 g/mol. The zero-order valence-electron chi connectivity index (χ0n) is 16.4. The Bertz CT molecular complexity index is 1350. The van der Waals surface area contributed by atoms with Gasteiger partial charge in [-0.3, -0.25) is 9.59 Å². The Morgan fingerprint density at radius 2 is 1.77 bits per heavy atom. The molecule has 31 heavy (non-hydrogen) atoms. The fraction of sp³-hybridized carbons (Fsp3) is 0.0833. The average Bonchev–Trinajstić information content (AvgIpc) is 2.76. The van der Waals surface area contributed by atoms with Crippen molar-refractivity contribution in [3.05, 3.63) is 92.8 Å². The second-order valence-electron chi connectivity index (χ2n) is 6.87. The second-order valence-corrected chi connectivity index (χ2v) is 7.68. The number of hydrogen-bond acceptors (Lipinski definition) is 4. The highest BCUT2D eigenvalue weighted by molar-refractivity contribution is 6.33. The number of anilines is 1. The molecule has 0 aliphatic carbocycles. The van der Waals surface area contributed by atoms with Gasteiger partial charge in [0.2, 0.25) is 5.43 Å². The molecule has 1 aromatic heterocycles. The highest BCUT2D eigenvalue weighted by Crippen LogP contribution is 2.28. The summed E-state index contributed by atoms with van der Waals surface area (Å²) >= 11 is 12.3. The Hall–Kier alpha value is -3.28. The Morgan fingerprint density at radius 1 is 1.00 bits per heavy atom. The van der Waals surface area contributed by atoms with E-state index in [0.717, 1.165) is 5.56 Å². The van der Waals surface area contributed by atoms with Crippen LogP contribution in [0.1, 0.15) is 5.56 Å². The van der Waals surface area contributed by atoms with Crippen molar-refractivity contribution in [3.63, 3.8) is 0 Å². The normalized spacial score (nSPS) is 10.8. The SMILES string of the molecule is Cc1c(Cl)cccc1NC(=O)COc1ccc2c(=O)c(-c3ccccc3Cl)coc2c1. The summed E-state index contributed by atoms with van der Waals surface area (Å²) in [4.78, 5) is 25.1. The van der Waals surface area contributed by atoms with Crippen molar-refractivity contribution in [2.45, 2.75) is 6.92 Å². The molecule has 0 atom stereocenters. The lowest BCUT2D eigenvalue weighted by molar-refractivity contribution is -0.118. The third-order valence-corrected chi connectivity index (χ3v) is 5.56. The third-order valence-electron chi connectivity index (χ3n) is 4.82. The summed E-state index contributed by atoms with van der Waals surface area (Å²) in [6.07, 6.45) is 1.38. The third kappa shape index (κ3) is 4.43. The van der Waals surface area contributed by atoms with Crippen LogP contribution >= 0.6 is 23.2 Å². The van der Waals surface area contributed by atoms with Crippen LogP contribution in [0.3, 0.4) is 0 Å². The Morgan fingerprint density at radius 3 is 2.58 bits per heavy atom. The highest BCUT2D eigenvalue weighted by atomic mass is 35.5. The second kappa shape index (κ2) is 8.84. The predicted molar refractivity (Wildman–Crippen MR) is 123 cm³/mol. The van der Waals surface area contributed by atoms with Crippen molar-refractivity contribution in [2.75, 3.05) is 11.9 Å². The number of nitrogens with one attached hydrogen (secondary N) is 1. The van der Waals surface area contributed by atoms with Crippen molar-refractivity contribution in [3.8, 4) is 16.9 Å². The number of amides is 1. The van der Waals surface area contributed by atoms with E-state index in [0.29, 0.717) is 43.6 Å². The van der Waals surface area contributed by atoms with E-state index in [2.05, 4.69) is 5.32 Å². The molecule has 5 nitrogen and oxygen atoms in total. The summed E-state index contributed by atoms with van der Waals surface area (Å²) in [5.74, 6) is 0.0695. The number of fused-ring (bicyclic) bond motifs is 1. The molecular weight excluding hydrogens is 437 g/mol. The number of rotatable bonds is 5. The maximum atomic E-state index is 12.9. The minimum absolute atomic E-state index is 0.199. The first-order valence-corrected chi connectivity index (χ1v) is 10.2. The molecule has 0 spiro atoms. The summed E-state index contributed by atoms with van der Waals surface area (Å²) in [5, 5.41) is 4.19. The first kappa shape index (κ1) is 21.0. The van der Waals surface area contributed by atoms with Gasteiger partial charge in [0.25, 0.3) is 5.91 Å². The average molecular weight is 454 g/mol. The zero-order valence-corrected chi connectivity index (χ0v) is 18.0. The Balaban J connectivity index is 1.51. The van der Waals surface area contributed by atoms with E-state index in [-0.39, 0.29) is 17.9 Å². The van der Waals surface area contributed by atoms with E-state index in [1.807, 2.05) is 6.92 Å². The van der Waals surface area contributed by atoms with Crippen LogP contribution in [0, 0.1) is 6.92 Å². The fourth-order valence-corrected chi connectivity index (χ4v) is 3.55. The topological polar surface area (TPSA) is 68.5 Å². The fourth-order valence-electron chi connectivity index (χ4n) is 3.14. The molecule has 0 unspecified atom stereocenters. The van der Waals surface area contributed by atoms with Crippen molar-refractivity contribution in [1.29, 1.82) is 0 Å². The number of carbonyl (C=O) groups is 1. The van der Waals surface area contributed by atoms with Crippen LogP contribution in [-0.2, 0) is 4.79 Å². The van der Waals surface area contributed by atoms with Crippen molar-refractivity contribution in [1.82, 2.24) is 0 Å². The number of hydrogen-bond donors (Lipinski definition) is 1. The van der Waals surface area contributed by atoms with E-state index in [1.54, 1.807) is 60.7 Å². The van der Waals surface area contributed by atoms with Crippen LogP contribution in [0.2, 0.25) is 10.0 Å². The summed E-state index contributed by atoms with van der Waals surface area (Å²) in [7, 11) is 0. The lowest BCUT2D eigenvalue weighted by Crippen LogP contribution is -2.20. The lowest BCUT2D eigenvalue weighted by Gasteiger charge is -2.11. The summed E-state index contributed by atoms with van der Waals surface area (Å²) in [6.45, 7) is 1.61. The first-order valence-electron chi connectivity index (χ1n) is 9.42. The molecule has 1 amide bonds. The van der Waals surface area contributed by atoms with Crippen molar-refractivity contribution in [2.24, 2.45) is 0 Å². The molecule has 1 N–H and O–H groups in total. The van der Waals surface area contributed by atoms with Gasteiger partial charge in [-0.05, 0) is 42.8 Å². The van der Waals surface area contributed by atoms with Gasteiger partial charge in [0.05, 0.1) is 10.9 Å². The van der Waals surface area contributed by atoms with E-state index in [1.165, 1.54) is 6.26 Å². The molecule has 4 rings (SSSR count). The Labute approximate surface area is 188 Å². The number of carbonyl (C=O) groups excluding carboxylic acids is 1. The molecule has 0 fully saturated rings. The molecule has 0 saturated heterocycles. The van der Waals surface area contributed by atoms with Gasteiger partial charge < -0.3 is 14.5 Å². The molecule has 0 bridgehead atoms. The van der Waals surface area contributed by atoms with Gasteiger partial charge in [-0.25, -0.2) is 0 Å². The van der Waals surface area contributed by atoms with Gasteiger partial charge in [0, 0.05) is 27.4 Å². The van der Waals surface area contributed by atoms with Crippen molar-refractivity contribution < 1.29 is 13.9 Å². The molecule has 3 aromatic carbocycles. The van der Waals surface area contributed by atoms with E-state index in [9.17, 15) is 9.59 Å². The van der Waals surface area contributed by atoms with Crippen LogP contribution in [0.5, 0.6) is 5.75 Å². The highest BCUT2D eigenvalue weighted by Gasteiger charge is 2.13. The summed E-state index contributed by atoms with van der Waals surface area (Å²) in [6, 6.07) is 17.1. The van der Waals surface area contributed by atoms with E-state index in [4.69, 9.17) is 32.4 Å². The van der Waals surface area contributed by atoms with Crippen molar-refractivity contribution >= 4 is 45.8 Å². The lowest BCUT2D eigenvalue weighted by atomic mass is 10.1. The maximum Gasteiger partial charge on any atom is 0.262 e. The van der Waals surface area contributed by atoms with Gasteiger partial charge >= 0.3 is 0 Å². The molecule has 0 aliphatic rings. The van der Waals surface area contributed by atoms with Gasteiger partial charge in [0.15, 0.2) is 6.61 Å². The molecule has 4 aromatic rings. The largest absolute Gasteiger partial charge is 0.484 e. The molecular formula is C24H17Cl2NO4. The van der Waals surface area contributed by atoms with Crippen LogP contribution in [-0.4, -0.2) is 12.5 Å². The summed E-state index contributed by atoms with van der Waals surface area (Å²) < 4.78 is 11.2. The van der Waals surface area contributed by atoms with Gasteiger partial charge in [0.1, 0.15) is 17.6 Å². The number of halogens is 2. The van der Waals surface area contributed by atoms with Crippen LogP contribution in [0.4, 0.5) is 5.69 Å². The van der Waals surface area contributed by atoms with Gasteiger partial charge in [-0.15, -0.1) is 0 Å². The van der Waals surface area contributed by atoms with Crippen LogP contribution in [0.15, 0.2) is 76.1 Å². The van der Waals surface area contributed by atoms with Gasteiger partial charge in [-0.1, -0.05) is 47.5 Å². The molecule has 156 valence electrons. The van der Waals surface area contributed by atoms with E-state index < -0.39 is 0 Å². The molecule has 0 aliphatic heterocycles. The van der Waals surface area contributed by atoms with Gasteiger partial charge in [-0.2, -0.15) is 0 Å².